The Morgan fingerprint density at radius 3 is 2.13 bits per heavy atom. The van der Waals surface area contributed by atoms with Crippen molar-refractivity contribution in [2.75, 3.05) is 0 Å². The van der Waals surface area contributed by atoms with Gasteiger partial charge in [0.05, 0.1) is 5.69 Å². The molecule has 2 aliphatic carbocycles. The molecule has 0 aliphatic heterocycles. The number of halogens is 4. The highest BCUT2D eigenvalue weighted by atomic mass is 35.5. The minimum absolute atomic E-state index is 0. The fourth-order valence-electron chi connectivity index (χ4n) is 4.37. The SMILES string of the molecule is Cl.NCc1ccc(C2CC2)c(C(=O)C2CCC(c3ccc(OC(F)(F)F)cc3)CC2)n1. The number of alkyl halides is 3. The number of pyridine rings is 1. The van der Waals surface area contributed by atoms with Crippen molar-refractivity contribution in [3.8, 4) is 5.75 Å². The van der Waals surface area contributed by atoms with Crippen molar-refractivity contribution in [3.63, 3.8) is 0 Å². The highest BCUT2D eigenvalue weighted by Crippen LogP contribution is 2.43. The first-order chi connectivity index (χ1) is 14.3. The van der Waals surface area contributed by atoms with Crippen molar-refractivity contribution in [1.29, 1.82) is 0 Å². The summed E-state index contributed by atoms with van der Waals surface area (Å²) >= 11 is 0. The minimum atomic E-state index is -4.69. The molecule has 168 valence electrons. The first-order valence-corrected chi connectivity index (χ1v) is 10.4. The number of benzene rings is 1. The molecule has 2 saturated carbocycles. The Morgan fingerprint density at radius 1 is 0.968 bits per heavy atom. The molecular formula is C23H26ClF3N2O2. The van der Waals surface area contributed by atoms with Gasteiger partial charge < -0.3 is 10.5 Å². The van der Waals surface area contributed by atoms with E-state index in [1.54, 1.807) is 12.1 Å². The van der Waals surface area contributed by atoms with E-state index in [0.29, 0.717) is 18.2 Å². The summed E-state index contributed by atoms with van der Waals surface area (Å²) in [5.74, 6) is 0.512. The maximum Gasteiger partial charge on any atom is 0.573 e. The summed E-state index contributed by atoms with van der Waals surface area (Å²) in [6, 6.07) is 9.99. The lowest BCUT2D eigenvalue weighted by Crippen LogP contribution is -2.23. The zero-order valence-corrected chi connectivity index (χ0v) is 17.8. The monoisotopic (exact) mass is 454 g/mol. The first-order valence-electron chi connectivity index (χ1n) is 10.4. The Balaban J connectivity index is 0.00000272. The van der Waals surface area contributed by atoms with E-state index in [1.807, 2.05) is 12.1 Å². The van der Waals surface area contributed by atoms with Crippen LogP contribution in [0.3, 0.4) is 0 Å². The van der Waals surface area contributed by atoms with Gasteiger partial charge in [0, 0.05) is 12.5 Å². The van der Waals surface area contributed by atoms with Crippen molar-refractivity contribution in [2.24, 2.45) is 11.7 Å². The molecule has 2 fully saturated rings. The van der Waals surface area contributed by atoms with E-state index in [-0.39, 0.29) is 35.8 Å². The second-order valence-corrected chi connectivity index (χ2v) is 8.25. The van der Waals surface area contributed by atoms with Gasteiger partial charge in [-0.3, -0.25) is 4.79 Å². The molecule has 1 aromatic heterocycles. The van der Waals surface area contributed by atoms with Gasteiger partial charge in [-0.25, -0.2) is 4.98 Å². The Bertz CT molecular complexity index is 906. The van der Waals surface area contributed by atoms with Gasteiger partial charge in [-0.2, -0.15) is 0 Å². The van der Waals surface area contributed by atoms with E-state index in [2.05, 4.69) is 9.72 Å². The summed E-state index contributed by atoms with van der Waals surface area (Å²) in [5, 5.41) is 0. The number of hydrogen-bond acceptors (Lipinski definition) is 4. The number of nitrogens with zero attached hydrogens (tertiary/aromatic N) is 1. The molecule has 0 amide bonds. The minimum Gasteiger partial charge on any atom is -0.406 e. The third-order valence-electron chi connectivity index (χ3n) is 6.13. The van der Waals surface area contributed by atoms with Crippen LogP contribution in [0.2, 0.25) is 0 Å². The van der Waals surface area contributed by atoms with E-state index >= 15 is 0 Å². The molecule has 0 atom stereocenters. The van der Waals surface area contributed by atoms with Gasteiger partial charge in [-0.15, -0.1) is 25.6 Å². The molecule has 2 N–H and O–H groups in total. The molecule has 0 spiro atoms. The summed E-state index contributed by atoms with van der Waals surface area (Å²) in [7, 11) is 0. The lowest BCUT2D eigenvalue weighted by Gasteiger charge is -2.28. The van der Waals surface area contributed by atoms with Crippen LogP contribution in [0.1, 0.15) is 77.7 Å². The fourth-order valence-corrected chi connectivity index (χ4v) is 4.37. The largest absolute Gasteiger partial charge is 0.573 e. The molecule has 0 saturated heterocycles. The molecule has 31 heavy (non-hydrogen) atoms. The highest BCUT2D eigenvalue weighted by molar-refractivity contribution is 5.97. The number of carbonyl (C=O) groups excluding carboxylic acids is 1. The van der Waals surface area contributed by atoms with Crippen LogP contribution in [0.25, 0.3) is 0 Å². The standard InChI is InChI=1S/C23H25F3N2O2.ClH/c24-23(25,26)30-19-10-7-15(8-11-19)14-1-5-17(6-2-14)22(29)21-20(16-3-4-16)12-9-18(13-27)28-21;/h7-12,14,16-17H,1-6,13,27H2;1H. The molecule has 1 heterocycles. The van der Waals surface area contributed by atoms with Crippen LogP contribution in [0.4, 0.5) is 13.2 Å². The number of hydrogen-bond donors (Lipinski definition) is 1. The molecule has 4 rings (SSSR count). The summed E-state index contributed by atoms with van der Waals surface area (Å²) < 4.78 is 40.9. The average molecular weight is 455 g/mol. The number of rotatable bonds is 6. The number of Topliss-reactive ketones (excluding diaryl/α,β-unsaturated/α-hetero) is 1. The fraction of sp³-hybridized carbons (Fsp3) is 0.478. The van der Waals surface area contributed by atoms with Crippen molar-refractivity contribution in [2.45, 2.75) is 63.3 Å². The molecule has 0 radical (unpaired) electrons. The second-order valence-electron chi connectivity index (χ2n) is 8.25. The number of aromatic nitrogens is 1. The van der Waals surface area contributed by atoms with Crippen LogP contribution in [0.15, 0.2) is 36.4 Å². The number of ether oxygens (including phenoxy) is 1. The van der Waals surface area contributed by atoms with E-state index in [0.717, 1.165) is 55.3 Å². The molecule has 2 aliphatic rings. The molecule has 8 heteroatoms. The van der Waals surface area contributed by atoms with Crippen LogP contribution in [0, 0.1) is 5.92 Å². The maximum absolute atomic E-state index is 13.2. The van der Waals surface area contributed by atoms with Gasteiger partial charge in [0.1, 0.15) is 11.4 Å². The van der Waals surface area contributed by atoms with Crippen LogP contribution < -0.4 is 10.5 Å². The number of nitrogens with two attached hydrogens (primary N) is 1. The van der Waals surface area contributed by atoms with Crippen molar-refractivity contribution < 1.29 is 22.7 Å². The first kappa shape index (κ1) is 23.5. The topological polar surface area (TPSA) is 65.2 Å². The van der Waals surface area contributed by atoms with E-state index in [1.165, 1.54) is 12.1 Å². The summed E-state index contributed by atoms with van der Waals surface area (Å²) in [5.41, 5.74) is 9.09. The smallest absolute Gasteiger partial charge is 0.406 e. The van der Waals surface area contributed by atoms with E-state index in [4.69, 9.17) is 5.73 Å². The molecule has 2 aromatic rings. The van der Waals surface area contributed by atoms with Gasteiger partial charge >= 0.3 is 6.36 Å². The predicted molar refractivity (Wildman–Crippen MR) is 114 cm³/mol. The summed E-state index contributed by atoms with van der Waals surface area (Å²) in [4.78, 5) is 17.8. The second kappa shape index (κ2) is 9.57. The normalized spacial score (nSPS) is 21.3. The van der Waals surface area contributed by atoms with Crippen molar-refractivity contribution >= 4 is 18.2 Å². The Kier molecular flexibility index (Phi) is 7.27. The van der Waals surface area contributed by atoms with Crippen LogP contribution >= 0.6 is 12.4 Å². The van der Waals surface area contributed by atoms with Gasteiger partial charge in [-0.05, 0) is 79.7 Å². The van der Waals surface area contributed by atoms with Gasteiger partial charge in [-0.1, -0.05) is 18.2 Å². The van der Waals surface area contributed by atoms with Gasteiger partial charge in [0.15, 0.2) is 5.78 Å². The lowest BCUT2D eigenvalue weighted by molar-refractivity contribution is -0.274. The summed E-state index contributed by atoms with van der Waals surface area (Å²) in [6.07, 6.45) is 0.673. The van der Waals surface area contributed by atoms with Gasteiger partial charge in [0.2, 0.25) is 0 Å². The van der Waals surface area contributed by atoms with Gasteiger partial charge in [0.25, 0.3) is 0 Å². The van der Waals surface area contributed by atoms with E-state index in [9.17, 15) is 18.0 Å². The third kappa shape index (κ3) is 5.77. The Hall–Kier alpha value is -2.12. The molecule has 0 bridgehead atoms. The maximum atomic E-state index is 13.2. The quantitative estimate of drug-likeness (QED) is 0.552. The van der Waals surface area contributed by atoms with Crippen LogP contribution in [-0.2, 0) is 6.54 Å². The lowest BCUT2D eigenvalue weighted by atomic mass is 9.76. The zero-order valence-electron chi connectivity index (χ0n) is 17.0. The number of carbonyl (C=O) groups is 1. The molecule has 1 aromatic carbocycles. The van der Waals surface area contributed by atoms with Crippen LogP contribution in [-0.4, -0.2) is 17.1 Å². The highest BCUT2D eigenvalue weighted by Gasteiger charge is 2.34. The Labute approximate surface area is 185 Å². The molecular weight excluding hydrogens is 429 g/mol. The summed E-state index contributed by atoms with van der Waals surface area (Å²) in [6.45, 7) is 0.312. The van der Waals surface area contributed by atoms with Crippen LogP contribution in [0.5, 0.6) is 5.75 Å². The van der Waals surface area contributed by atoms with Crippen molar-refractivity contribution in [1.82, 2.24) is 4.98 Å². The zero-order chi connectivity index (χ0) is 21.3. The van der Waals surface area contributed by atoms with Crippen molar-refractivity contribution in [3.05, 3.63) is 58.9 Å². The molecule has 4 nitrogen and oxygen atoms in total. The average Bonchev–Trinajstić information content (AvgIpc) is 3.58. The molecule has 0 unspecified atom stereocenters. The predicted octanol–water partition coefficient (Wildman–Crippen LogP) is 5.89. The third-order valence-corrected chi connectivity index (χ3v) is 6.13. The number of ketones is 1. The Morgan fingerprint density at radius 2 is 1.58 bits per heavy atom. The van der Waals surface area contributed by atoms with E-state index < -0.39 is 6.36 Å².